The number of hydrogen-bond donors (Lipinski definition) is 2. The Morgan fingerprint density at radius 2 is 1.92 bits per heavy atom. The van der Waals surface area contributed by atoms with Crippen LogP contribution in [0.5, 0.6) is 5.75 Å². The van der Waals surface area contributed by atoms with E-state index in [0.29, 0.717) is 0 Å². The number of ether oxygens (including phenoxy) is 1. The highest BCUT2D eigenvalue weighted by molar-refractivity contribution is 5.54. The monoisotopic (exact) mass is 352 g/mol. The van der Waals surface area contributed by atoms with Crippen molar-refractivity contribution in [2.75, 3.05) is 24.8 Å². The van der Waals surface area contributed by atoms with Crippen LogP contribution in [0.25, 0.3) is 0 Å². The number of nitrogen functional groups attached to an aromatic ring is 1. The lowest BCUT2D eigenvalue weighted by atomic mass is 10.2. The van der Waals surface area contributed by atoms with Crippen molar-refractivity contribution in [1.29, 1.82) is 10.5 Å². The number of aromatic nitrogens is 2. The molecule has 0 bridgehead atoms. The quantitative estimate of drug-likeness (QED) is 0.785. The summed E-state index contributed by atoms with van der Waals surface area (Å²) < 4.78 is 6.15. The van der Waals surface area contributed by atoms with Gasteiger partial charge in [-0.15, -0.1) is 0 Å². The van der Waals surface area contributed by atoms with Crippen molar-refractivity contribution in [1.82, 2.24) is 9.66 Å². The lowest BCUT2D eigenvalue weighted by Gasteiger charge is -2.07. The molecular formula is C17H20N8O. The fourth-order valence-corrected chi connectivity index (χ4v) is 1.90. The second-order valence-electron chi connectivity index (χ2n) is 4.42. The van der Waals surface area contributed by atoms with Crippen molar-refractivity contribution in [2.24, 2.45) is 10.1 Å². The first-order valence-corrected chi connectivity index (χ1v) is 7.72. The molecule has 9 heteroatoms. The Labute approximate surface area is 151 Å². The number of methoxy groups -OCH3 is 1. The molecule has 1 aromatic heterocycles. The smallest absolute Gasteiger partial charge is 0.250 e. The van der Waals surface area contributed by atoms with Gasteiger partial charge in [-0.05, 0) is 24.3 Å². The molecule has 0 saturated heterocycles. The van der Waals surface area contributed by atoms with E-state index in [1.807, 2.05) is 38.1 Å². The topological polar surface area (TPSA) is 137 Å². The molecule has 134 valence electrons. The van der Waals surface area contributed by atoms with Crippen molar-refractivity contribution in [3.05, 3.63) is 41.1 Å². The largest absolute Gasteiger partial charge is 0.497 e. The Balaban J connectivity index is 0.00000163. The lowest BCUT2D eigenvalue weighted by Crippen LogP contribution is -2.27. The van der Waals surface area contributed by atoms with Gasteiger partial charge in [0.1, 0.15) is 35.9 Å². The van der Waals surface area contributed by atoms with Crippen LogP contribution >= 0.6 is 0 Å². The van der Waals surface area contributed by atoms with Gasteiger partial charge >= 0.3 is 0 Å². The summed E-state index contributed by atoms with van der Waals surface area (Å²) in [5.41, 5.74) is 6.45. The van der Waals surface area contributed by atoms with Crippen LogP contribution in [-0.4, -0.2) is 30.2 Å². The van der Waals surface area contributed by atoms with Crippen LogP contribution in [-0.2, 0) is 0 Å². The second kappa shape index (κ2) is 10.1. The molecule has 1 heterocycles. The lowest BCUT2D eigenvalue weighted by molar-refractivity contribution is 0.415. The number of hydrogen-bond acceptors (Lipinski definition) is 8. The summed E-state index contributed by atoms with van der Waals surface area (Å²) in [7, 11) is 1.59. The Hall–Kier alpha value is -3.85. The van der Waals surface area contributed by atoms with Crippen LogP contribution in [0, 0.1) is 22.7 Å². The maximum absolute atomic E-state index is 9.20. The van der Waals surface area contributed by atoms with E-state index in [1.54, 1.807) is 19.2 Å². The number of anilines is 2. The van der Waals surface area contributed by atoms with Gasteiger partial charge in [0, 0.05) is 12.4 Å². The van der Waals surface area contributed by atoms with Gasteiger partial charge in [-0.1, -0.05) is 13.8 Å². The fourth-order valence-electron chi connectivity index (χ4n) is 1.90. The van der Waals surface area contributed by atoms with Crippen LogP contribution < -0.4 is 21.4 Å². The first-order valence-electron chi connectivity index (χ1n) is 7.72. The number of nitrogens with one attached hydrogen (secondary N) is 1. The van der Waals surface area contributed by atoms with E-state index in [9.17, 15) is 5.26 Å². The van der Waals surface area contributed by atoms with Gasteiger partial charge in [0.05, 0.1) is 7.11 Å². The van der Waals surface area contributed by atoms with Crippen molar-refractivity contribution < 1.29 is 4.74 Å². The average Bonchev–Trinajstić information content (AvgIpc) is 2.69. The molecule has 0 aliphatic heterocycles. The number of rotatable bonds is 5. The van der Waals surface area contributed by atoms with Gasteiger partial charge in [0.15, 0.2) is 5.69 Å². The minimum atomic E-state index is -0.0860. The third-order valence-electron chi connectivity index (χ3n) is 3.07. The molecule has 0 fully saturated rings. The number of benzene rings is 1. The van der Waals surface area contributed by atoms with Crippen molar-refractivity contribution in [3.63, 3.8) is 0 Å². The van der Waals surface area contributed by atoms with Gasteiger partial charge in [-0.25, -0.2) is 4.99 Å². The van der Waals surface area contributed by atoms with Crippen LogP contribution in [0.3, 0.4) is 0 Å². The highest BCUT2D eigenvalue weighted by Crippen LogP contribution is 2.14. The van der Waals surface area contributed by atoms with Crippen LogP contribution in [0.15, 0.2) is 34.4 Å². The zero-order valence-electron chi connectivity index (χ0n) is 14.9. The highest BCUT2D eigenvalue weighted by atomic mass is 16.5. The van der Waals surface area contributed by atoms with Gasteiger partial charge in [0.25, 0.3) is 5.62 Å². The first-order chi connectivity index (χ1) is 12.6. The summed E-state index contributed by atoms with van der Waals surface area (Å²) in [4.78, 5) is 8.18. The zero-order valence-corrected chi connectivity index (χ0v) is 14.9. The van der Waals surface area contributed by atoms with E-state index >= 15 is 0 Å². The van der Waals surface area contributed by atoms with E-state index in [2.05, 4.69) is 27.1 Å². The maximum atomic E-state index is 9.20. The molecule has 0 aliphatic rings. The molecule has 1 aromatic carbocycles. The minimum Gasteiger partial charge on any atom is -0.497 e. The van der Waals surface area contributed by atoms with Crippen LogP contribution in [0.2, 0.25) is 0 Å². The Bertz CT molecular complexity index is 901. The van der Waals surface area contributed by atoms with Gasteiger partial charge < -0.3 is 15.8 Å². The Morgan fingerprint density at radius 1 is 1.27 bits per heavy atom. The molecule has 0 spiro atoms. The molecule has 0 amide bonds. The number of nitriles is 2. The summed E-state index contributed by atoms with van der Waals surface area (Å²) >= 11 is 0. The Kier molecular flexibility index (Phi) is 7.85. The predicted molar refractivity (Wildman–Crippen MR) is 99.4 cm³/mol. The predicted octanol–water partition coefficient (Wildman–Crippen LogP) is 1.68. The zero-order chi connectivity index (χ0) is 19.5. The van der Waals surface area contributed by atoms with Crippen molar-refractivity contribution >= 4 is 18.2 Å². The van der Waals surface area contributed by atoms with Gasteiger partial charge in [-0.2, -0.15) is 25.3 Å². The molecule has 0 radical (unpaired) electrons. The summed E-state index contributed by atoms with van der Waals surface area (Å²) in [6.07, 6.45) is 0. The number of nitrogens with two attached hydrogens (primary N) is 1. The molecule has 26 heavy (non-hydrogen) atoms. The minimum absolute atomic E-state index is 0.0630. The normalized spacial score (nSPS) is 9.96. The standard InChI is InChI=1S/C15H14N8O.C2H6/c1-19-23-13(8-17)12(7-16)14(18)22-15(23)21-9-20-10-3-5-11(24-2)6-4-10;1-2/h3-6,20H,1,9H2,2H3,(H2,18,21,22);1-2H3. The number of nitrogens with zero attached hydrogens (tertiary/aromatic N) is 6. The van der Waals surface area contributed by atoms with Crippen molar-refractivity contribution in [3.8, 4) is 17.9 Å². The molecular weight excluding hydrogens is 332 g/mol. The van der Waals surface area contributed by atoms with Crippen LogP contribution in [0.1, 0.15) is 25.1 Å². The fraction of sp³-hybridized carbons (Fsp3) is 0.235. The summed E-state index contributed by atoms with van der Waals surface area (Å²) in [6.45, 7) is 7.53. The average molecular weight is 352 g/mol. The third kappa shape index (κ3) is 4.58. The molecule has 0 unspecified atom stereocenters. The SMILES string of the molecule is C=Nn1c(C#N)c(C#N)c(N)n/c1=N/CNc1ccc(OC)cc1.CC. The Morgan fingerprint density at radius 3 is 2.42 bits per heavy atom. The van der Waals surface area contributed by atoms with E-state index in [4.69, 9.17) is 15.7 Å². The first kappa shape index (κ1) is 20.2. The molecule has 2 aromatic rings. The molecule has 3 N–H and O–H groups in total. The van der Waals surface area contributed by atoms with Gasteiger partial charge in [0.2, 0.25) is 0 Å². The van der Waals surface area contributed by atoms with E-state index in [0.717, 1.165) is 16.1 Å². The maximum Gasteiger partial charge on any atom is 0.250 e. The summed E-state index contributed by atoms with van der Waals surface area (Å²) in [5, 5.41) is 25.0. The molecule has 0 atom stereocenters. The molecule has 2 rings (SSSR count). The molecule has 9 nitrogen and oxygen atoms in total. The molecule has 0 aliphatic carbocycles. The summed E-state index contributed by atoms with van der Waals surface area (Å²) in [6, 6.07) is 10.9. The highest BCUT2D eigenvalue weighted by Gasteiger charge is 2.13. The van der Waals surface area contributed by atoms with E-state index in [1.165, 1.54) is 0 Å². The van der Waals surface area contributed by atoms with Crippen molar-refractivity contribution in [2.45, 2.75) is 13.8 Å². The van der Waals surface area contributed by atoms with E-state index in [-0.39, 0.29) is 29.4 Å². The third-order valence-corrected chi connectivity index (χ3v) is 3.07. The van der Waals surface area contributed by atoms with Crippen LogP contribution in [0.4, 0.5) is 11.5 Å². The molecule has 0 saturated carbocycles. The van der Waals surface area contributed by atoms with Gasteiger partial charge in [-0.3, -0.25) is 0 Å². The second-order valence-corrected chi connectivity index (χ2v) is 4.42. The summed E-state index contributed by atoms with van der Waals surface area (Å²) in [5.74, 6) is 0.656. The van der Waals surface area contributed by atoms with E-state index < -0.39 is 0 Å².